The zero-order valence-corrected chi connectivity index (χ0v) is 8.51. The molecule has 0 aliphatic carbocycles. The lowest BCUT2D eigenvalue weighted by Crippen LogP contribution is -2.08. The van der Waals surface area contributed by atoms with Crippen molar-refractivity contribution in [1.29, 1.82) is 0 Å². The van der Waals surface area contributed by atoms with Crippen LogP contribution < -0.4 is 0 Å². The Morgan fingerprint density at radius 2 is 2.27 bits per heavy atom. The Morgan fingerprint density at radius 3 is 2.80 bits per heavy atom. The van der Waals surface area contributed by atoms with Crippen molar-refractivity contribution in [1.82, 2.24) is 4.98 Å². The lowest BCUT2D eigenvalue weighted by molar-refractivity contribution is 0.418. The molecule has 0 aliphatic rings. The van der Waals surface area contributed by atoms with Gasteiger partial charge in [0.1, 0.15) is 12.0 Å². The van der Waals surface area contributed by atoms with Crippen LogP contribution in [0.1, 0.15) is 12.3 Å². The first-order chi connectivity index (χ1) is 6.99. The maximum atomic E-state index is 11.6. The Labute approximate surface area is 85.5 Å². The summed E-state index contributed by atoms with van der Waals surface area (Å²) in [4.78, 5) is 3.64. The molecular weight excluding hydrogens is 228 g/mol. The van der Waals surface area contributed by atoms with E-state index in [0.29, 0.717) is 6.08 Å². The van der Waals surface area contributed by atoms with Crippen molar-refractivity contribution in [3.63, 3.8) is 0 Å². The highest BCUT2D eigenvalue weighted by atomic mass is 32.2. The molecule has 1 aromatic heterocycles. The van der Waals surface area contributed by atoms with Gasteiger partial charge in [0.2, 0.25) is 5.89 Å². The lowest BCUT2D eigenvalue weighted by Gasteiger charge is -1.98. The van der Waals surface area contributed by atoms with Gasteiger partial charge >= 0.3 is 0 Å². The van der Waals surface area contributed by atoms with E-state index in [1.165, 1.54) is 12.5 Å². The number of aromatic nitrogens is 1. The number of halogens is 2. The maximum absolute atomic E-state index is 11.6. The fourth-order valence-electron chi connectivity index (χ4n) is 0.932. The molecular formula is C8H9F2NO3S. The molecule has 0 aliphatic heterocycles. The molecule has 0 bridgehead atoms. The van der Waals surface area contributed by atoms with Gasteiger partial charge in [-0.05, 0) is 12.5 Å². The standard InChI is InChI=1S/C8H9F2NO3S/c9-7(10)2-1-5-15(12,13)6-8-11-3-4-14-8/h2-4H,1,5-6H2. The average molecular weight is 237 g/mol. The zero-order valence-electron chi connectivity index (χ0n) is 7.69. The molecule has 1 aromatic rings. The summed E-state index contributed by atoms with van der Waals surface area (Å²) in [6.07, 6.45) is 1.08. The van der Waals surface area contributed by atoms with E-state index in [1.54, 1.807) is 0 Å². The Morgan fingerprint density at radius 1 is 1.53 bits per heavy atom. The first-order valence-corrected chi connectivity index (χ1v) is 5.92. The van der Waals surface area contributed by atoms with Crippen LogP contribution in [0, 0.1) is 0 Å². The molecule has 0 fully saturated rings. The molecule has 0 atom stereocenters. The predicted octanol–water partition coefficient (Wildman–Crippen LogP) is 1.76. The van der Waals surface area contributed by atoms with E-state index in [4.69, 9.17) is 4.42 Å². The van der Waals surface area contributed by atoms with Crippen molar-refractivity contribution in [2.45, 2.75) is 12.2 Å². The summed E-state index contributed by atoms with van der Waals surface area (Å²) >= 11 is 0. The number of oxazole rings is 1. The largest absolute Gasteiger partial charge is 0.448 e. The van der Waals surface area contributed by atoms with Crippen LogP contribution in [-0.2, 0) is 15.6 Å². The van der Waals surface area contributed by atoms with Gasteiger partial charge in [-0.3, -0.25) is 0 Å². The SMILES string of the molecule is O=S(=O)(CCC=C(F)F)Cc1ncco1. The quantitative estimate of drug-likeness (QED) is 0.782. The van der Waals surface area contributed by atoms with Gasteiger partial charge in [0.15, 0.2) is 9.84 Å². The summed E-state index contributed by atoms with van der Waals surface area (Å²) in [5.74, 6) is -0.631. The molecule has 4 nitrogen and oxygen atoms in total. The zero-order chi connectivity index (χ0) is 11.3. The first-order valence-electron chi connectivity index (χ1n) is 4.09. The first kappa shape index (κ1) is 11.8. The summed E-state index contributed by atoms with van der Waals surface area (Å²) in [5, 5.41) is 0. The number of hydrogen-bond acceptors (Lipinski definition) is 4. The highest BCUT2D eigenvalue weighted by Crippen LogP contribution is 2.07. The molecule has 1 rings (SSSR count). The third-order valence-electron chi connectivity index (χ3n) is 1.55. The van der Waals surface area contributed by atoms with Crippen LogP contribution in [0.15, 0.2) is 29.0 Å². The highest BCUT2D eigenvalue weighted by Gasteiger charge is 2.14. The molecule has 84 valence electrons. The normalized spacial score (nSPS) is 11.3. The minimum absolute atomic E-state index is 0.0692. The number of sulfone groups is 1. The fraction of sp³-hybridized carbons (Fsp3) is 0.375. The van der Waals surface area contributed by atoms with Gasteiger partial charge in [-0.15, -0.1) is 0 Å². The van der Waals surface area contributed by atoms with Gasteiger partial charge in [-0.2, -0.15) is 8.78 Å². The van der Waals surface area contributed by atoms with Gasteiger partial charge in [0.05, 0.1) is 11.9 Å². The second-order valence-electron chi connectivity index (χ2n) is 2.80. The minimum atomic E-state index is -3.43. The van der Waals surface area contributed by atoms with Gasteiger partial charge in [-0.1, -0.05) is 0 Å². The van der Waals surface area contributed by atoms with Crippen LogP contribution in [0.5, 0.6) is 0 Å². The fourth-order valence-corrected chi connectivity index (χ4v) is 2.07. The van der Waals surface area contributed by atoms with E-state index >= 15 is 0 Å². The van der Waals surface area contributed by atoms with E-state index in [2.05, 4.69) is 4.98 Å². The molecule has 0 saturated carbocycles. The summed E-state index contributed by atoms with van der Waals surface area (Å²) in [5.41, 5.74) is 0. The lowest BCUT2D eigenvalue weighted by atomic mass is 10.5. The molecule has 0 unspecified atom stereocenters. The molecule has 15 heavy (non-hydrogen) atoms. The average Bonchev–Trinajstić information content (AvgIpc) is 2.54. The smallest absolute Gasteiger partial charge is 0.266 e. The molecule has 0 saturated heterocycles. The van der Waals surface area contributed by atoms with Crippen LogP contribution >= 0.6 is 0 Å². The Hall–Kier alpha value is -1.24. The van der Waals surface area contributed by atoms with Crippen molar-refractivity contribution in [3.8, 4) is 0 Å². The summed E-state index contributed by atoms with van der Waals surface area (Å²) in [6.45, 7) is 0. The summed E-state index contributed by atoms with van der Waals surface area (Å²) in [7, 11) is -3.43. The van der Waals surface area contributed by atoms with Crippen LogP contribution in [0.25, 0.3) is 0 Å². The summed E-state index contributed by atoms with van der Waals surface area (Å²) < 4.78 is 50.6. The molecule has 0 N–H and O–H groups in total. The van der Waals surface area contributed by atoms with Crippen molar-refractivity contribution in [2.24, 2.45) is 0 Å². The van der Waals surface area contributed by atoms with Crippen LogP contribution in [0.4, 0.5) is 8.78 Å². The highest BCUT2D eigenvalue weighted by molar-refractivity contribution is 7.90. The van der Waals surface area contributed by atoms with E-state index in [0.717, 1.165) is 0 Å². The molecule has 1 heterocycles. The maximum Gasteiger partial charge on any atom is 0.266 e. The Balaban J connectivity index is 2.50. The molecule has 0 aromatic carbocycles. The monoisotopic (exact) mass is 237 g/mol. The third-order valence-corrected chi connectivity index (χ3v) is 3.10. The van der Waals surface area contributed by atoms with Crippen molar-refractivity contribution in [3.05, 3.63) is 30.5 Å². The van der Waals surface area contributed by atoms with E-state index in [9.17, 15) is 17.2 Å². The van der Waals surface area contributed by atoms with Crippen molar-refractivity contribution >= 4 is 9.84 Å². The van der Waals surface area contributed by atoms with Crippen molar-refractivity contribution < 1.29 is 21.6 Å². The number of allylic oxidation sites excluding steroid dienone is 1. The van der Waals surface area contributed by atoms with Gasteiger partial charge in [0.25, 0.3) is 6.08 Å². The van der Waals surface area contributed by atoms with Gasteiger partial charge in [0, 0.05) is 0 Å². The van der Waals surface area contributed by atoms with Gasteiger partial charge < -0.3 is 4.42 Å². The number of nitrogens with zero attached hydrogens (tertiary/aromatic N) is 1. The second-order valence-corrected chi connectivity index (χ2v) is 4.98. The molecule has 0 spiro atoms. The van der Waals surface area contributed by atoms with Crippen molar-refractivity contribution in [2.75, 3.05) is 5.75 Å². The molecule has 0 amide bonds. The van der Waals surface area contributed by atoms with Gasteiger partial charge in [-0.25, -0.2) is 13.4 Å². The van der Waals surface area contributed by atoms with E-state index < -0.39 is 15.9 Å². The number of rotatable bonds is 5. The van der Waals surface area contributed by atoms with Crippen LogP contribution in [0.2, 0.25) is 0 Å². The number of hydrogen-bond donors (Lipinski definition) is 0. The van der Waals surface area contributed by atoms with E-state index in [1.807, 2.05) is 0 Å². The molecule has 7 heteroatoms. The van der Waals surface area contributed by atoms with Crippen LogP contribution in [-0.4, -0.2) is 19.2 Å². The minimum Gasteiger partial charge on any atom is -0.448 e. The summed E-state index contributed by atoms with van der Waals surface area (Å²) in [6, 6.07) is 0. The molecule has 0 radical (unpaired) electrons. The van der Waals surface area contributed by atoms with Crippen LogP contribution in [0.3, 0.4) is 0 Å². The third kappa shape index (κ3) is 4.68. The van der Waals surface area contributed by atoms with E-state index in [-0.39, 0.29) is 23.8 Å². The Kier molecular flexibility index (Phi) is 3.96. The predicted molar refractivity (Wildman–Crippen MR) is 48.9 cm³/mol. The topological polar surface area (TPSA) is 60.2 Å². The Bertz CT molecular complexity index is 421. The second kappa shape index (κ2) is 5.01.